The van der Waals surface area contributed by atoms with Crippen LogP contribution in [0.25, 0.3) is 0 Å². The largest absolute Gasteiger partial charge is 0.354 e. The highest BCUT2D eigenvalue weighted by Gasteiger charge is 2.35. The standard InChI is InChI=1S/C18H28N2O2S/c1-13(2)11-18(8-4-5-9-18)12-19-16(21)14(3)20-17(22)15-7-6-10-23-15/h6-7,10,13-14H,4-5,8-9,11-12H2,1-3H3,(H,19,21)(H,20,22)/t14-/m1/s1. The highest BCUT2D eigenvalue weighted by atomic mass is 32.1. The van der Waals surface area contributed by atoms with Gasteiger partial charge in [0.1, 0.15) is 6.04 Å². The van der Waals surface area contributed by atoms with Crippen LogP contribution in [0.2, 0.25) is 0 Å². The number of rotatable bonds is 7. The number of nitrogens with one attached hydrogen (secondary N) is 2. The van der Waals surface area contributed by atoms with Crippen molar-refractivity contribution in [2.24, 2.45) is 11.3 Å². The van der Waals surface area contributed by atoms with E-state index in [1.807, 2.05) is 11.4 Å². The van der Waals surface area contributed by atoms with Crippen molar-refractivity contribution in [3.63, 3.8) is 0 Å². The molecule has 1 aromatic rings. The fraction of sp³-hybridized carbons (Fsp3) is 0.667. The summed E-state index contributed by atoms with van der Waals surface area (Å²) in [6.45, 7) is 6.95. The number of thiophene rings is 1. The van der Waals surface area contributed by atoms with E-state index in [4.69, 9.17) is 0 Å². The predicted molar refractivity (Wildman–Crippen MR) is 94.6 cm³/mol. The van der Waals surface area contributed by atoms with Crippen LogP contribution in [0.3, 0.4) is 0 Å². The van der Waals surface area contributed by atoms with E-state index in [1.165, 1.54) is 37.0 Å². The predicted octanol–water partition coefficient (Wildman–Crippen LogP) is 3.59. The van der Waals surface area contributed by atoms with Crippen molar-refractivity contribution in [1.29, 1.82) is 0 Å². The van der Waals surface area contributed by atoms with Crippen molar-refractivity contribution in [3.8, 4) is 0 Å². The topological polar surface area (TPSA) is 58.2 Å². The van der Waals surface area contributed by atoms with Crippen LogP contribution in [0.15, 0.2) is 17.5 Å². The zero-order valence-corrected chi connectivity index (χ0v) is 15.2. The minimum atomic E-state index is -0.512. The molecule has 1 aliphatic carbocycles. The van der Waals surface area contributed by atoms with Crippen molar-refractivity contribution < 1.29 is 9.59 Å². The van der Waals surface area contributed by atoms with E-state index >= 15 is 0 Å². The number of hydrogen-bond donors (Lipinski definition) is 2. The molecule has 1 fully saturated rings. The third-order valence-electron chi connectivity index (χ3n) is 4.63. The average molecular weight is 337 g/mol. The molecular weight excluding hydrogens is 308 g/mol. The van der Waals surface area contributed by atoms with Crippen LogP contribution in [0.1, 0.15) is 62.5 Å². The second-order valence-electron chi connectivity index (χ2n) is 7.20. The molecule has 2 amide bonds. The highest BCUT2D eigenvalue weighted by molar-refractivity contribution is 7.12. The lowest BCUT2D eigenvalue weighted by Gasteiger charge is -2.31. The van der Waals surface area contributed by atoms with Crippen molar-refractivity contribution in [2.75, 3.05) is 6.54 Å². The van der Waals surface area contributed by atoms with Gasteiger partial charge in [0.25, 0.3) is 5.91 Å². The molecule has 0 aromatic carbocycles. The van der Waals surface area contributed by atoms with E-state index in [2.05, 4.69) is 24.5 Å². The summed E-state index contributed by atoms with van der Waals surface area (Å²) in [7, 11) is 0. The lowest BCUT2D eigenvalue weighted by molar-refractivity contribution is -0.123. The smallest absolute Gasteiger partial charge is 0.261 e. The Kier molecular flexibility index (Phi) is 6.22. The summed E-state index contributed by atoms with van der Waals surface area (Å²) >= 11 is 1.38. The van der Waals surface area contributed by atoms with Crippen LogP contribution in [0.5, 0.6) is 0 Å². The molecular formula is C18H28N2O2S. The van der Waals surface area contributed by atoms with Crippen LogP contribution < -0.4 is 10.6 Å². The minimum absolute atomic E-state index is 0.0927. The summed E-state index contributed by atoms with van der Waals surface area (Å²) in [4.78, 5) is 25.0. The summed E-state index contributed by atoms with van der Waals surface area (Å²) in [6.07, 6.45) is 6.06. The molecule has 2 rings (SSSR count). The molecule has 1 heterocycles. The molecule has 1 aromatic heterocycles. The fourth-order valence-corrected chi connectivity index (χ4v) is 4.24. The van der Waals surface area contributed by atoms with Gasteiger partial charge in [0.2, 0.25) is 5.91 Å². The Hall–Kier alpha value is -1.36. The third kappa shape index (κ3) is 5.06. The maximum absolute atomic E-state index is 12.3. The van der Waals surface area contributed by atoms with Gasteiger partial charge in [-0.1, -0.05) is 32.8 Å². The van der Waals surface area contributed by atoms with E-state index < -0.39 is 6.04 Å². The second-order valence-corrected chi connectivity index (χ2v) is 8.14. The first-order valence-corrected chi connectivity index (χ1v) is 9.42. The van der Waals surface area contributed by atoms with Crippen LogP contribution in [-0.4, -0.2) is 24.4 Å². The zero-order chi connectivity index (χ0) is 16.9. The molecule has 0 bridgehead atoms. The quantitative estimate of drug-likeness (QED) is 0.799. The van der Waals surface area contributed by atoms with Crippen molar-refractivity contribution in [2.45, 2.75) is 58.9 Å². The van der Waals surface area contributed by atoms with Gasteiger partial charge in [-0.25, -0.2) is 0 Å². The minimum Gasteiger partial charge on any atom is -0.354 e. The normalized spacial score (nSPS) is 17.9. The Labute approximate surface area is 143 Å². The molecule has 1 atom stereocenters. The first kappa shape index (κ1) is 18.0. The third-order valence-corrected chi connectivity index (χ3v) is 5.50. The molecule has 0 aliphatic heterocycles. The van der Waals surface area contributed by atoms with Gasteiger partial charge >= 0.3 is 0 Å². The summed E-state index contributed by atoms with van der Waals surface area (Å²) in [5, 5.41) is 7.70. The lowest BCUT2D eigenvalue weighted by Crippen LogP contribution is -2.47. The first-order chi connectivity index (χ1) is 10.9. The summed E-state index contributed by atoms with van der Waals surface area (Å²) in [5.41, 5.74) is 0.251. The molecule has 23 heavy (non-hydrogen) atoms. The fourth-order valence-electron chi connectivity index (χ4n) is 3.61. The van der Waals surface area contributed by atoms with Gasteiger partial charge in [0.15, 0.2) is 0 Å². The van der Waals surface area contributed by atoms with Crippen LogP contribution in [0.4, 0.5) is 0 Å². The monoisotopic (exact) mass is 336 g/mol. The molecule has 2 N–H and O–H groups in total. The Balaban J connectivity index is 1.84. The Morgan fingerprint density at radius 2 is 1.96 bits per heavy atom. The van der Waals surface area contributed by atoms with E-state index in [1.54, 1.807) is 13.0 Å². The molecule has 0 spiro atoms. The number of carbonyl (C=O) groups is 2. The van der Waals surface area contributed by atoms with Crippen LogP contribution >= 0.6 is 11.3 Å². The molecule has 0 radical (unpaired) electrons. The van der Waals surface area contributed by atoms with Crippen molar-refractivity contribution in [1.82, 2.24) is 10.6 Å². The van der Waals surface area contributed by atoms with Gasteiger partial charge in [-0.2, -0.15) is 0 Å². The average Bonchev–Trinajstić information content (AvgIpc) is 3.15. The second kappa shape index (κ2) is 7.95. The van der Waals surface area contributed by atoms with E-state index in [-0.39, 0.29) is 17.2 Å². The molecule has 5 heteroatoms. The first-order valence-electron chi connectivity index (χ1n) is 8.54. The van der Waals surface area contributed by atoms with Gasteiger partial charge in [-0.15, -0.1) is 11.3 Å². The Morgan fingerprint density at radius 1 is 1.26 bits per heavy atom. The van der Waals surface area contributed by atoms with Gasteiger partial charge in [-0.3, -0.25) is 9.59 Å². The maximum Gasteiger partial charge on any atom is 0.261 e. The van der Waals surface area contributed by atoms with Crippen LogP contribution in [0, 0.1) is 11.3 Å². The van der Waals surface area contributed by atoms with E-state index in [0.717, 1.165) is 13.0 Å². The number of hydrogen-bond acceptors (Lipinski definition) is 3. The highest BCUT2D eigenvalue weighted by Crippen LogP contribution is 2.42. The van der Waals surface area contributed by atoms with Crippen molar-refractivity contribution >= 4 is 23.2 Å². The lowest BCUT2D eigenvalue weighted by atomic mass is 9.78. The molecule has 4 nitrogen and oxygen atoms in total. The van der Waals surface area contributed by atoms with Gasteiger partial charge in [0, 0.05) is 6.54 Å². The maximum atomic E-state index is 12.3. The summed E-state index contributed by atoms with van der Waals surface area (Å²) in [6, 6.07) is 3.09. The number of amides is 2. The molecule has 0 saturated heterocycles. The van der Waals surface area contributed by atoms with E-state index in [0.29, 0.717) is 10.8 Å². The summed E-state index contributed by atoms with van der Waals surface area (Å²) < 4.78 is 0. The Morgan fingerprint density at radius 3 is 2.52 bits per heavy atom. The van der Waals surface area contributed by atoms with Crippen LogP contribution in [-0.2, 0) is 4.79 Å². The molecule has 1 saturated carbocycles. The zero-order valence-electron chi connectivity index (χ0n) is 14.4. The molecule has 1 aliphatic rings. The molecule has 0 unspecified atom stereocenters. The van der Waals surface area contributed by atoms with Crippen molar-refractivity contribution in [3.05, 3.63) is 22.4 Å². The van der Waals surface area contributed by atoms with Gasteiger partial charge in [-0.05, 0) is 49.0 Å². The summed E-state index contributed by atoms with van der Waals surface area (Å²) in [5.74, 6) is 0.367. The van der Waals surface area contributed by atoms with E-state index in [9.17, 15) is 9.59 Å². The van der Waals surface area contributed by atoms with Gasteiger partial charge in [0.05, 0.1) is 4.88 Å². The molecule has 128 valence electrons. The SMILES string of the molecule is CC(C)CC1(CNC(=O)[C@@H](C)NC(=O)c2cccs2)CCCC1. The number of carbonyl (C=O) groups excluding carboxylic acids is 2. The van der Waals surface area contributed by atoms with Gasteiger partial charge < -0.3 is 10.6 Å². The Bertz CT molecular complexity index is 519.